The Morgan fingerprint density at radius 3 is 2.81 bits per heavy atom. The molecule has 2 rings (SSSR count). The zero-order valence-electron chi connectivity index (χ0n) is 12.3. The Morgan fingerprint density at radius 1 is 1.38 bits per heavy atom. The summed E-state index contributed by atoms with van der Waals surface area (Å²) in [5.74, 6) is -0.353. The molecule has 0 saturated carbocycles. The van der Waals surface area contributed by atoms with E-state index < -0.39 is 0 Å². The second-order valence-corrected chi connectivity index (χ2v) is 6.05. The van der Waals surface area contributed by atoms with E-state index in [0.29, 0.717) is 19.7 Å². The average Bonchev–Trinajstić information content (AvgIpc) is 2.91. The van der Waals surface area contributed by atoms with E-state index >= 15 is 0 Å². The molecule has 0 amide bonds. The molecule has 1 aromatic carbocycles. The van der Waals surface area contributed by atoms with Crippen LogP contribution in [-0.4, -0.2) is 17.5 Å². The normalized spacial score (nSPS) is 12.1. The second kappa shape index (κ2) is 7.90. The summed E-state index contributed by atoms with van der Waals surface area (Å²) in [6.07, 6.45) is 0. The van der Waals surface area contributed by atoms with Gasteiger partial charge in [-0.3, -0.25) is 4.79 Å². The molecule has 0 bridgehead atoms. The van der Waals surface area contributed by atoms with Crippen molar-refractivity contribution in [1.29, 1.82) is 0 Å². The number of hydrogen-bond acceptors (Lipinski definition) is 5. The quantitative estimate of drug-likeness (QED) is 0.799. The lowest BCUT2D eigenvalue weighted by Gasteiger charge is -2.12. The topological polar surface area (TPSA) is 51.2 Å². The lowest BCUT2D eigenvalue weighted by atomic mass is 10.2. The highest BCUT2D eigenvalue weighted by molar-refractivity contribution is 7.09. The fourth-order valence-electron chi connectivity index (χ4n) is 1.86. The fraction of sp³-hybridized carbons (Fsp3) is 0.375. The van der Waals surface area contributed by atoms with Gasteiger partial charge in [0.2, 0.25) is 0 Å². The van der Waals surface area contributed by atoms with Crippen molar-refractivity contribution in [3.05, 3.63) is 52.0 Å². The number of nitrogens with zero attached hydrogens (tertiary/aromatic N) is 1. The molecule has 0 aliphatic heterocycles. The van der Waals surface area contributed by atoms with Gasteiger partial charge in [0.15, 0.2) is 0 Å². The van der Waals surface area contributed by atoms with Crippen molar-refractivity contribution in [2.24, 2.45) is 5.92 Å². The van der Waals surface area contributed by atoms with Crippen LogP contribution < -0.4 is 5.32 Å². The third-order valence-corrected chi connectivity index (χ3v) is 3.87. The Morgan fingerprint density at radius 2 is 2.14 bits per heavy atom. The van der Waals surface area contributed by atoms with E-state index in [-0.39, 0.29) is 11.9 Å². The smallest absolute Gasteiger partial charge is 0.310 e. The molecule has 21 heavy (non-hydrogen) atoms. The minimum Gasteiger partial charge on any atom is -0.461 e. The van der Waals surface area contributed by atoms with Gasteiger partial charge in [0.25, 0.3) is 0 Å². The summed E-state index contributed by atoms with van der Waals surface area (Å²) in [6.45, 7) is 5.45. The predicted octanol–water partition coefficient (Wildman–Crippen LogP) is 2.92. The van der Waals surface area contributed by atoms with Gasteiger partial charge in [-0.25, -0.2) is 4.98 Å². The molecule has 5 heteroatoms. The summed E-state index contributed by atoms with van der Waals surface area (Å²) in [6, 6.07) is 9.70. The van der Waals surface area contributed by atoms with E-state index in [0.717, 1.165) is 16.3 Å². The van der Waals surface area contributed by atoms with Crippen LogP contribution in [0.2, 0.25) is 0 Å². The molecule has 2 aromatic rings. The van der Waals surface area contributed by atoms with Crippen molar-refractivity contribution < 1.29 is 9.53 Å². The van der Waals surface area contributed by atoms with E-state index in [1.807, 2.05) is 49.6 Å². The van der Waals surface area contributed by atoms with Crippen molar-refractivity contribution in [3.8, 4) is 0 Å². The molecule has 4 nitrogen and oxygen atoms in total. The first-order chi connectivity index (χ1) is 10.1. The summed E-state index contributed by atoms with van der Waals surface area (Å²) in [5.41, 5.74) is 2.02. The number of thiazole rings is 1. The van der Waals surface area contributed by atoms with Crippen LogP contribution in [0, 0.1) is 12.8 Å². The number of carbonyl (C=O) groups is 1. The van der Waals surface area contributed by atoms with Crippen molar-refractivity contribution in [2.75, 3.05) is 6.54 Å². The largest absolute Gasteiger partial charge is 0.461 e. The van der Waals surface area contributed by atoms with Crippen LogP contribution in [0.1, 0.15) is 23.2 Å². The average molecular weight is 304 g/mol. The number of aromatic nitrogens is 1. The van der Waals surface area contributed by atoms with E-state index in [2.05, 4.69) is 10.3 Å². The summed E-state index contributed by atoms with van der Waals surface area (Å²) < 4.78 is 5.30. The van der Waals surface area contributed by atoms with Gasteiger partial charge in [-0.15, -0.1) is 11.3 Å². The minimum absolute atomic E-state index is 0.173. The number of nitrogens with one attached hydrogen (secondary N) is 1. The molecule has 1 heterocycles. The lowest BCUT2D eigenvalue weighted by Crippen LogP contribution is -2.27. The Kier molecular flexibility index (Phi) is 5.90. The van der Waals surface area contributed by atoms with Gasteiger partial charge in [0.05, 0.1) is 16.6 Å². The van der Waals surface area contributed by atoms with Crippen molar-refractivity contribution in [3.63, 3.8) is 0 Å². The standard InChI is InChI=1S/C16H20N2O2S/c1-12(8-17-9-15-11-21-13(2)18-15)16(19)20-10-14-6-4-3-5-7-14/h3-7,11-12,17H,8-10H2,1-2H3. The van der Waals surface area contributed by atoms with Crippen LogP contribution in [0.25, 0.3) is 0 Å². The Labute approximate surface area is 129 Å². The molecule has 112 valence electrons. The van der Waals surface area contributed by atoms with Crippen molar-refractivity contribution >= 4 is 17.3 Å². The predicted molar refractivity (Wildman–Crippen MR) is 84.0 cm³/mol. The molecule has 1 aromatic heterocycles. The minimum atomic E-state index is -0.180. The van der Waals surface area contributed by atoms with Crippen LogP contribution in [-0.2, 0) is 22.7 Å². The van der Waals surface area contributed by atoms with Crippen LogP contribution in [0.4, 0.5) is 0 Å². The highest BCUT2D eigenvalue weighted by atomic mass is 32.1. The molecule has 1 atom stereocenters. The molecule has 1 N–H and O–H groups in total. The molecule has 0 fully saturated rings. The number of esters is 1. The van der Waals surface area contributed by atoms with Crippen molar-refractivity contribution in [1.82, 2.24) is 10.3 Å². The van der Waals surface area contributed by atoms with E-state index in [9.17, 15) is 4.79 Å². The molecule has 0 saturated heterocycles. The van der Waals surface area contributed by atoms with Gasteiger partial charge in [-0.2, -0.15) is 0 Å². The summed E-state index contributed by atoms with van der Waals surface area (Å²) in [7, 11) is 0. The maximum absolute atomic E-state index is 11.9. The number of aryl methyl sites for hydroxylation is 1. The molecule has 0 radical (unpaired) electrons. The number of benzene rings is 1. The summed E-state index contributed by atoms with van der Waals surface area (Å²) >= 11 is 1.63. The van der Waals surface area contributed by atoms with Gasteiger partial charge in [0.1, 0.15) is 6.61 Å². The monoisotopic (exact) mass is 304 g/mol. The van der Waals surface area contributed by atoms with Gasteiger partial charge >= 0.3 is 5.97 Å². The first-order valence-corrected chi connectivity index (χ1v) is 7.85. The first-order valence-electron chi connectivity index (χ1n) is 6.97. The third-order valence-electron chi connectivity index (χ3n) is 3.05. The maximum atomic E-state index is 11.9. The number of rotatable bonds is 7. The Balaban J connectivity index is 1.67. The van der Waals surface area contributed by atoms with Gasteiger partial charge in [-0.05, 0) is 12.5 Å². The number of hydrogen-bond donors (Lipinski definition) is 1. The van der Waals surface area contributed by atoms with Crippen molar-refractivity contribution in [2.45, 2.75) is 27.0 Å². The maximum Gasteiger partial charge on any atom is 0.310 e. The van der Waals surface area contributed by atoms with E-state index in [1.54, 1.807) is 11.3 Å². The SMILES string of the molecule is Cc1nc(CNCC(C)C(=O)OCc2ccccc2)cs1. The molecule has 0 aliphatic carbocycles. The van der Waals surface area contributed by atoms with E-state index in [1.165, 1.54) is 0 Å². The van der Waals surface area contributed by atoms with Crippen LogP contribution in [0.15, 0.2) is 35.7 Å². The van der Waals surface area contributed by atoms with E-state index in [4.69, 9.17) is 4.74 Å². The molecule has 1 unspecified atom stereocenters. The summed E-state index contributed by atoms with van der Waals surface area (Å²) in [4.78, 5) is 16.3. The van der Waals surface area contributed by atoms with Crippen LogP contribution in [0.5, 0.6) is 0 Å². The Bertz CT molecular complexity index is 569. The third kappa shape index (κ3) is 5.28. The summed E-state index contributed by atoms with van der Waals surface area (Å²) in [5, 5.41) is 6.32. The number of carbonyl (C=O) groups excluding carboxylic acids is 1. The molecular formula is C16H20N2O2S. The van der Waals surface area contributed by atoms with Crippen LogP contribution in [0.3, 0.4) is 0 Å². The Hall–Kier alpha value is -1.72. The zero-order chi connectivity index (χ0) is 15.1. The first kappa shape index (κ1) is 15.7. The van der Waals surface area contributed by atoms with Crippen LogP contribution >= 0.6 is 11.3 Å². The highest BCUT2D eigenvalue weighted by Crippen LogP contribution is 2.08. The molecular weight excluding hydrogens is 284 g/mol. The fourth-order valence-corrected chi connectivity index (χ4v) is 2.47. The zero-order valence-corrected chi connectivity index (χ0v) is 13.2. The van der Waals surface area contributed by atoms with Gasteiger partial charge in [0, 0.05) is 18.5 Å². The van der Waals surface area contributed by atoms with Gasteiger partial charge in [-0.1, -0.05) is 37.3 Å². The molecule has 0 spiro atoms. The van der Waals surface area contributed by atoms with Gasteiger partial charge < -0.3 is 10.1 Å². The second-order valence-electron chi connectivity index (χ2n) is 4.98. The number of ether oxygens (including phenoxy) is 1. The highest BCUT2D eigenvalue weighted by Gasteiger charge is 2.14. The lowest BCUT2D eigenvalue weighted by molar-refractivity contribution is -0.149. The molecule has 0 aliphatic rings.